The number of benzene rings is 1. The molecule has 2 unspecified atom stereocenters. The summed E-state index contributed by atoms with van der Waals surface area (Å²) in [4.78, 5) is -0.661. The zero-order chi connectivity index (χ0) is 22.7. The average molecular weight is 440 g/mol. The van der Waals surface area contributed by atoms with Crippen LogP contribution < -0.4 is 10.6 Å². The summed E-state index contributed by atoms with van der Waals surface area (Å²) >= 11 is 0. The Hall–Kier alpha value is -1.72. The summed E-state index contributed by atoms with van der Waals surface area (Å²) < 4.78 is 37.2. The van der Waals surface area contributed by atoms with Gasteiger partial charge in [-0.1, -0.05) is 0 Å². The largest absolute Gasteiger partial charge is 0.396 e. The molecule has 1 saturated carbocycles. The highest BCUT2D eigenvalue weighted by Crippen LogP contribution is 2.45. The van der Waals surface area contributed by atoms with Crippen LogP contribution in [0.2, 0.25) is 0 Å². The van der Waals surface area contributed by atoms with Crippen molar-refractivity contribution < 1.29 is 59.1 Å². The molecule has 1 aliphatic heterocycles. The van der Waals surface area contributed by atoms with E-state index in [0.29, 0.717) is 12.8 Å². The maximum Gasteiger partial charge on any atom is 0.362 e. The van der Waals surface area contributed by atoms with Crippen LogP contribution in [-0.2, 0) is 16.1 Å². The van der Waals surface area contributed by atoms with Gasteiger partial charge in [0.1, 0.15) is 6.17 Å². The van der Waals surface area contributed by atoms with Crippen LogP contribution in [0.15, 0.2) is 12.1 Å². The van der Waals surface area contributed by atoms with Gasteiger partial charge in [-0.3, -0.25) is 9.64 Å². The number of hydrogen-bond acceptors (Lipinski definition) is 12. The van der Waals surface area contributed by atoms with Crippen molar-refractivity contribution >= 4 is 11.4 Å². The highest BCUT2D eigenvalue weighted by molar-refractivity contribution is 5.62. The molecule has 170 valence electrons. The molecule has 2 atom stereocenters. The Labute approximate surface area is 167 Å². The number of nitrogens with zero attached hydrogens (tertiary/aromatic N) is 1. The van der Waals surface area contributed by atoms with Crippen molar-refractivity contribution in [3.63, 3.8) is 0 Å². The molecule has 1 saturated heterocycles. The first-order chi connectivity index (χ1) is 13.6. The number of aliphatic hydroxyl groups is 8. The van der Waals surface area contributed by atoms with Crippen LogP contribution in [0.25, 0.3) is 0 Å². The fraction of sp³-hybridized carbons (Fsp3) is 0.625. The van der Waals surface area contributed by atoms with Crippen LogP contribution in [0.3, 0.4) is 0 Å². The lowest BCUT2D eigenvalue weighted by molar-refractivity contribution is -0.606. The van der Waals surface area contributed by atoms with E-state index in [4.69, 9.17) is 10.5 Å². The van der Waals surface area contributed by atoms with Crippen molar-refractivity contribution in [2.75, 3.05) is 10.6 Å². The molecule has 12 nitrogen and oxygen atoms in total. The van der Waals surface area contributed by atoms with Gasteiger partial charge in [0.15, 0.2) is 5.82 Å². The maximum atomic E-state index is 14.7. The van der Waals surface area contributed by atoms with Crippen LogP contribution in [0.1, 0.15) is 24.8 Å². The third kappa shape index (κ3) is 3.60. The summed E-state index contributed by atoms with van der Waals surface area (Å²) in [5, 5.41) is 78.8. The van der Waals surface area contributed by atoms with Crippen molar-refractivity contribution in [2.45, 2.75) is 61.9 Å². The molecule has 1 aliphatic carbocycles. The monoisotopic (exact) mass is 440 g/mol. The molecule has 2 aliphatic rings. The molecule has 0 aromatic heterocycles. The van der Waals surface area contributed by atoms with E-state index in [1.165, 1.54) is 0 Å². The second-order valence-electron chi connectivity index (χ2n) is 7.29. The lowest BCUT2D eigenvalue weighted by atomic mass is 10.1. The Morgan fingerprint density at radius 3 is 2.10 bits per heavy atom. The molecule has 0 spiro atoms. The first kappa shape index (κ1) is 23.0. The van der Waals surface area contributed by atoms with Gasteiger partial charge in [0.25, 0.3) is 0 Å². The number of rotatable bonds is 4. The summed E-state index contributed by atoms with van der Waals surface area (Å²) in [5.74, 6) is -18.5. The second-order valence-corrected chi connectivity index (χ2v) is 7.29. The summed E-state index contributed by atoms with van der Waals surface area (Å²) in [6.45, 7) is -0.292. The molecule has 10 N–H and O–H groups in total. The summed E-state index contributed by atoms with van der Waals surface area (Å²) in [7, 11) is 0. The van der Waals surface area contributed by atoms with Gasteiger partial charge in [0, 0.05) is 6.42 Å². The van der Waals surface area contributed by atoms with Crippen molar-refractivity contribution in [1.29, 1.82) is 0 Å². The van der Waals surface area contributed by atoms with E-state index in [9.17, 15) is 49.6 Å². The van der Waals surface area contributed by atoms with Gasteiger partial charge in [-0.25, -0.2) is 8.78 Å². The van der Waals surface area contributed by atoms with Crippen LogP contribution in [0.4, 0.5) is 20.2 Å². The van der Waals surface area contributed by atoms with E-state index >= 15 is 0 Å². The molecule has 0 bridgehead atoms. The molecule has 2 fully saturated rings. The van der Waals surface area contributed by atoms with Crippen molar-refractivity contribution in [1.82, 2.24) is 0 Å². The summed E-state index contributed by atoms with van der Waals surface area (Å²) in [6.07, 6.45) is -0.623. The molecular formula is C16H22F2N2O10. The minimum absolute atomic E-state index is 0.0206. The second kappa shape index (κ2) is 7.16. The first-order valence-electron chi connectivity index (χ1n) is 8.73. The van der Waals surface area contributed by atoms with Crippen molar-refractivity contribution in [3.05, 3.63) is 23.5 Å². The Morgan fingerprint density at radius 2 is 1.60 bits per heavy atom. The average Bonchev–Trinajstić information content (AvgIpc) is 3.00. The maximum absolute atomic E-state index is 14.7. The normalized spacial score (nSPS) is 29.2. The number of hydrogen-bond donors (Lipinski definition) is 9. The Morgan fingerprint density at radius 1 is 1.03 bits per heavy atom. The van der Waals surface area contributed by atoms with Crippen LogP contribution in [0.5, 0.6) is 0 Å². The fourth-order valence-corrected chi connectivity index (χ4v) is 3.37. The third-order valence-electron chi connectivity index (χ3n) is 4.97. The zero-order valence-corrected chi connectivity index (χ0v) is 15.3. The number of morpholine rings is 1. The number of anilines is 2. The molecule has 1 aromatic rings. The van der Waals surface area contributed by atoms with Crippen LogP contribution in [-0.4, -0.2) is 76.9 Å². The minimum Gasteiger partial charge on any atom is -0.396 e. The minimum atomic E-state index is -4.25. The van der Waals surface area contributed by atoms with Gasteiger partial charge in [0.05, 0.1) is 24.1 Å². The fourth-order valence-electron chi connectivity index (χ4n) is 3.37. The highest BCUT2D eigenvalue weighted by atomic mass is 19.1. The number of alkyl halides is 1. The quantitative estimate of drug-likeness (QED) is 0.172. The van der Waals surface area contributed by atoms with Gasteiger partial charge in [-0.15, -0.1) is 0 Å². The van der Waals surface area contributed by atoms with Gasteiger partial charge in [0.2, 0.25) is 0 Å². The number of nitrogens with two attached hydrogens (primary N) is 1. The van der Waals surface area contributed by atoms with Crippen LogP contribution >= 0.6 is 0 Å². The van der Waals surface area contributed by atoms with E-state index in [1.54, 1.807) is 0 Å². The molecule has 1 aromatic carbocycles. The molecule has 14 heteroatoms. The topological polar surface area (TPSA) is 210 Å². The summed E-state index contributed by atoms with van der Waals surface area (Å²) in [5.41, 5.74) is 3.67. The number of ether oxygens (including phenoxy) is 2. The molecule has 1 heterocycles. The molecule has 3 rings (SSSR count). The van der Waals surface area contributed by atoms with E-state index in [2.05, 4.69) is 4.74 Å². The number of halogens is 2. The standard InChI is InChI=1S/C16H22F2N2O10/c17-8-1-2-9(5-8)29-6-7-3-10(19)12(18)11(4-7)20-13(21,22)15(25,26)30-16(27,28)14(20,23)24/h3-4,8-9,21-28H,1-2,5-6,19H2. The van der Waals surface area contributed by atoms with Gasteiger partial charge in [-0.2, -0.15) is 0 Å². The van der Waals surface area contributed by atoms with E-state index in [-0.39, 0.29) is 18.6 Å². The van der Waals surface area contributed by atoms with Gasteiger partial charge >= 0.3 is 23.8 Å². The Bertz CT molecular complexity index is 793. The van der Waals surface area contributed by atoms with Crippen LogP contribution in [0, 0.1) is 5.82 Å². The molecular weight excluding hydrogens is 418 g/mol. The predicted molar refractivity (Wildman–Crippen MR) is 90.4 cm³/mol. The lowest BCUT2D eigenvalue weighted by Crippen LogP contribution is -2.84. The smallest absolute Gasteiger partial charge is 0.362 e. The SMILES string of the molecule is Nc1cc(COC2CCC(F)C2)cc(N2C(O)(O)C(O)(O)OC(O)(O)C2(O)O)c1F. The first-order valence-corrected chi connectivity index (χ1v) is 8.73. The predicted octanol–water partition coefficient (Wildman–Crippen LogP) is -2.79. The summed E-state index contributed by atoms with van der Waals surface area (Å²) in [6, 6.07) is 1.79. The zero-order valence-electron chi connectivity index (χ0n) is 15.3. The Balaban J connectivity index is 2.02. The van der Waals surface area contributed by atoms with E-state index in [1.807, 2.05) is 0 Å². The lowest BCUT2D eigenvalue weighted by Gasteiger charge is -2.55. The van der Waals surface area contributed by atoms with E-state index < -0.39 is 58.1 Å². The molecule has 0 radical (unpaired) electrons. The number of nitrogen functional groups attached to an aromatic ring is 1. The van der Waals surface area contributed by atoms with Gasteiger partial charge in [-0.05, 0) is 30.5 Å². The molecule has 30 heavy (non-hydrogen) atoms. The van der Waals surface area contributed by atoms with Gasteiger partial charge < -0.3 is 51.3 Å². The Kier molecular flexibility index (Phi) is 5.48. The van der Waals surface area contributed by atoms with E-state index in [0.717, 1.165) is 12.1 Å². The third-order valence-corrected chi connectivity index (χ3v) is 4.97. The highest BCUT2D eigenvalue weighted by Gasteiger charge is 2.75. The molecule has 0 amide bonds. The van der Waals surface area contributed by atoms with Crippen molar-refractivity contribution in [2.24, 2.45) is 0 Å². The van der Waals surface area contributed by atoms with Crippen molar-refractivity contribution in [3.8, 4) is 0 Å².